The molecule has 4 rings (SSSR count). The van der Waals surface area contributed by atoms with Gasteiger partial charge in [-0.15, -0.1) is 0 Å². The van der Waals surface area contributed by atoms with E-state index in [1.807, 2.05) is 18.2 Å². The molecule has 2 aliphatic heterocycles. The third-order valence-electron chi connectivity index (χ3n) is 5.67. The minimum absolute atomic E-state index is 0.0316. The summed E-state index contributed by atoms with van der Waals surface area (Å²) in [6, 6.07) is 5.79. The first-order chi connectivity index (χ1) is 14.9. The van der Waals surface area contributed by atoms with Gasteiger partial charge in [-0.05, 0) is 36.6 Å². The van der Waals surface area contributed by atoms with Crippen molar-refractivity contribution in [3.05, 3.63) is 82.3 Å². The number of Topliss-reactive ketones (excluding diaryl/α,β-unsaturated/α-hetero) is 1. The lowest BCUT2D eigenvalue weighted by Gasteiger charge is -2.27. The standard InChI is InChI=1S/C24H22N2O5/c1-14(27)20-21(15-6-5-7-16(12-15)24(30)31-2)26(23(29)22(20)28)11-10-17-13-25-19-9-4-3-8-18(17)19/h3-8,12-13,21,28H,9-11H2,1-2H3. The summed E-state index contributed by atoms with van der Waals surface area (Å²) in [7, 11) is 1.29. The molecule has 0 radical (unpaired) electrons. The molecule has 3 aliphatic rings. The van der Waals surface area contributed by atoms with Crippen LogP contribution in [0.15, 0.2) is 76.2 Å². The summed E-state index contributed by atoms with van der Waals surface area (Å²) in [5, 5.41) is 10.5. The van der Waals surface area contributed by atoms with Crippen molar-refractivity contribution in [1.29, 1.82) is 0 Å². The number of carbonyl (C=O) groups excluding carboxylic acids is 3. The molecule has 2 heterocycles. The number of allylic oxidation sites excluding steroid dienone is 4. The van der Waals surface area contributed by atoms with Crippen LogP contribution in [0.2, 0.25) is 0 Å². The molecule has 1 aromatic carbocycles. The van der Waals surface area contributed by atoms with Crippen molar-refractivity contribution in [3.8, 4) is 0 Å². The number of methoxy groups -OCH3 is 1. The van der Waals surface area contributed by atoms with Crippen LogP contribution in [0.1, 0.15) is 41.7 Å². The van der Waals surface area contributed by atoms with Gasteiger partial charge in [-0.2, -0.15) is 0 Å². The van der Waals surface area contributed by atoms with Gasteiger partial charge in [-0.25, -0.2) is 4.79 Å². The SMILES string of the molecule is COC(=O)c1cccc(C2C(C(C)=O)=C(O)C(=O)N2CCC2=CN=C3CC=CC=C23)c1. The lowest BCUT2D eigenvalue weighted by molar-refractivity contribution is -0.129. The van der Waals surface area contributed by atoms with E-state index in [0.717, 1.165) is 23.3 Å². The van der Waals surface area contributed by atoms with E-state index < -0.39 is 29.5 Å². The minimum Gasteiger partial charge on any atom is -0.503 e. The number of ether oxygens (including phenoxy) is 1. The third-order valence-corrected chi connectivity index (χ3v) is 5.67. The van der Waals surface area contributed by atoms with Crippen molar-refractivity contribution in [2.24, 2.45) is 4.99 Å². The molecule has 1 atom stereocenters. The molecule has 31 heavy (non-hydrogen) atoms. The molecule has 0 saturated carbocycles. The number of aliphatic hydroxyl groups excluding tert-OH is 1. The zero-order valence-electron chi connectivity index (χ0n) is 17.3. The van der Waals surface area contributed by atoms with Crippen molar-refractivity contribution in [2.75, 3.05) is 13.7 Å². The molecule has 0 fully saturated rings. The van der Waals surface area contributed by atoms with E-state index >= 15 is 0 Å². The molecule has 1 aliphatic carbocycles. The fraction of sp³-hybridized carbons (Fsp3) is 0.250. The van der Waals surface area contributed by atoms with Crippen LogP contribution in [0.4, 0.5) is 0 Å². The molecule has 1 aromatic rings. The Kier molecular flexibility index (Phi) is 5.42. The third kappa shape index (κ3) is 3.63. The number of rotatable bonds is 6. The minimum atomic E-state index is -0.780. The number of esters is 1. The van der Waals surface area contributed by atoms with Crippen LogP contribution in [0, 0.1) is 0 Å². The lowest BCUT2D eigenvalue weighted by atomic mass is 9.94. The highest BCUT2D eigenvalue weighted by atomic mass is 16.5. The first-order valence-corrected chi connectivity index (χ1v) is 9.99. The number of aliphatic hydroxyl groups is 1. The zero-order chi connectivity index (χ0) is 22.1. The Labute approximate surface area is 179 Å². The molecular weight excluding hydrogens is 396 g/mol. The van der Waals surface area contributed by atoms with Crippen LogP contribution in [0.3, 0.4) is 0 Å². The highest BCUT2D eigenvalue weighted by molar-refractivity contribution is 6.09. The number of nitrogens with zero attached hydrogens (tertiary/aromatic N) is 2. The van der Waals surface area contributed by atoms with E-state index in [4.69, 9.17) is 4.74 Å². The topological polar surface area (TPSA) is 96.3 Å². The van der Waals surface area contributed by atoms with Gasteiger partial charge >= 0.3 is 5.97 Å². The Bertz CT molecular complexity index is 1140. The van der Waals surface area contributed by atoms with Gasteiger partial charge in [0, 0.05) is 24.7 Å². The first kappa shape index (κ1) is 20.5. The predicted molar refractivity (Wildman–Crippen MR) is 115 cm³/mol. The number of hydrogen-bond donors (Lipinski definition) is 1. The molecule has 1 amide bonds. The number of fused-ring (bicyclic) bond motifs is 1. The van der Waals surface area contributed by atoms with Gasteiger partial charge in [0.1, 0.15) is 0 Å². The van der Waals surface area contributed by atoms with E-state index in [9.17, 15) is 19.5 Å². The molecule has 0 saturated heterocycles. The fourth-order valence-corrected chi connectivity index (χ4v) is 4.17. The molecule has 7 nitrogen and oxygen atoms in total. The van der Waals surface area contributed by atoms with Crippen molar-refractivity contribution in [3.63, 3.8) is 0 Å². The summed E-state index contributed by atoms with van der Waals surface area (Å²) in [6.07, 6.45) is 9.12. The predicted octanol–water partition coefficient (Wildman–Crippen LogP) is 3.37. The van der Waals surface area contributed by atoms with Crippen LogP contribution in [0.5, 0.6) is 0 Å². The van der Waals surface area contributed by atoms with Crippen LogP contribution in [-0.4, -0.2) is 47.0 Å². The summed E-state index contributed by atoms with van der Waals surface area (Å²) in [4.78, 5) is 43.1. The summed E-state index contributed by atoms with van der Waals surface area (Å²) in [5.74, 6) is -2.06. The molecule has 1 unspecified atom stereocenters. The number of aliphatic imine (C=N–C) groups is 1. The molecule has 0 spiro atoms. The Morgan fingerprint density at radius 3 is 2.87 bits per heavy atom. The molecule has 1 N–H and O–H groups in total. The summed E-state index contributed by atoms with van der Waals surface area (Å²) >= 11 is 0. The maximum atomic E-state index is 12.9. The van der Waals surface area contributed by atoms with Crippen LogP contribution >= 0.6 is 0 Å². The summed E-state index contributed by atoms with van der Waals surface area (Å²) in [6.45, 7) is 1.60. The normalized spacial score (nSPS) is 19.8. The molecular formula is C24H22N2O5. The van der Waals surface area contributed by atoms with E-state index in [-0.39, 0.29) is 12.1 Å². The molecule has 0 bridgehead atoms. The van der Waals surface area contributed by atoms with Gasteiger partial charge < -0.3 is 14.7 Å². The second-order valence-electron chi connectivity index (χ2n) is 7.53. The smallest absolute Gasteiger partial charge is 0.337 e. The van der Waals surface area contributed by atoms with Gasteiger partial charge in [0.05, 0.1) is 30.0 Å². The molecule has 158 valence electrons. The highest BCUT2D eigenvalue weighted by Crippen LogP contribution is 2.39. The first-order valence-electron chi connectivity index (χ1n) is 9.99. The van der Waals surface area contributed by atoms with Crippen molar-refractivity contribution >= 4 is 23.4 Å². The van der Waals surface area contributed by atoms with Crippen LogP contribution < -0.4 is 0 Å². The Hall–Kier alpha value is -3.74. The Morgan fingerprint density at radius 2 is 2.13 bits per heavy atom. The van der Waals surface area contributed by atoms with Gasteiger partial charge in [0.2, 0.25) is 0 Å². The van der Waals surface area contributed by atoms with E-state index in [1.54, 1.807) is 30.5 Å². The molecule has 0 aromatic heterocycles. The maximum absolute atomic E-state index is 12.9. The van der Waals surface area contributed by atoms with E-state index in [0.29, 0.717) is 17.5 Å². The number of benzene rings is 1. The van der Waals surface area contributed by atoms with E-state index in [1.165, 1.54) is 18.9 Å². The van der Waals surface area contributed by atoms with Crippen LogP contribution in [0.25, 0.3) is 0 Å². The lowest BCUT2D eigenvalue weighted by Crippen LogP contribution is -2.32. The van der Waals surface area contributed by atoms with Crippen molar-refractivity contribution < 1.29 is 24.2 Å². The van der Waals surface area contributed by atoms with Crippen molar-refractivity contribution in [1.82, 2.24) is 4.90 Å². The van der Waals surface area contributed by atoms with E-state index in [2.05, 4.69) is 4.99 Å². The Morgan fingerprint density at radius 1 is 1.32 bits per heavy atom. The second kappa shape index (κ2) is 8.18. The highest BCUT2D eigenvalue weighted by Gasteiger charge is 2.42. The van der Waals surface area contributed by atoms with Crippen molar-refractivity contribution in [2.45, 2.75) is 25.8 Å². The maximum Gasteiger partial charge on any atom is 0.337 e. The summed E-state index contributed by atoms with van der Waals surface area (Å²) in [5.41, 5.74) is 3.95. The van der Waals surface area contributed by atoms with Gasteiger partial charge in [0.25, 0.3) is 5.91 Å². The average Bonchev–Trinajstić information content (AvgIpc) is 3.30. The monoisotopic (exact) mass is 418 g/mol. The molecule has 7 heteroatoms. The number of ketones is 1. The Balaban J connectivity index is 1.64. The number of carbonyl (C=O) groups is 3. The van der Waals surface area contributed by atoms with Gasteiger partial charge in [0.15, 0.2) is 11.5 Å². The quantitative estimate of drug-likeness (QED) is 0.715. The fourth-order valence-electron chi connectivity index (χ4n) is 4.17. The summed E-state index contributed by atoms with van der Waals surface area (Å²) < 4.78 is 4.78. The van der Waals surface area contributed by atoms with Gasteiger partial charge in [-0.3, -0.25) is 14.6 Å². The second-order valence-corrected chi connectivity index (χ2v) is 7.53. The van der Waals surface area contributed by atoms with Crippen LogP contribution in [-0.2, 0) is 14.3 Å². The largest absolute Gasteiger partial charge is 0.503 e. The van der Waals surface area contributed by atoms with Gasteiger partial charge in [-0.1, -0.05) is 30.4 Å². The number of amides is 1. The average molecular weight is 418 g/mol. The zero-order valence-corrected chi connectivity index (χ0v) is 17.3. The number of hydrogen-bond acceptors (Lipinski definition) is 6.